The molecule has 1 fully saturated rings. The van der Waals surface area contributed by atoms with Crippen LogP contribution in [0.15, 0.2) is 54.4 Å². The zero-order chi connectivity index (χ0) is 27.5. The Bertz CT molecular complexity index is 1600. The Morgan fingerprint density at radius 3 is 2.67 bits per heavy atom. The Hall–Kier alpha value is -4.91. The number of aliphatic hydroxyl groups excluding tert-OH is 1. The Kier molecular flexibility index (Phi) is 7.14. The van der Waals surface area contributed by atoms with Gasteiger partial charge in [0, 0.05) is 50.3 Å². The van der Waals surface area contributed by atoms with Gasteiger partial charge < -0.3 is 24.4 Å². The van der Waals surface area contributed by atoms with E-state index in [1.54, 1.807) is 24.1 Å². The van der Waals surface area contributed by atoms with Crippen molar-refractivity contribution in [2.45, 2.75) is 6.61 Å². The highest BCUT2D eigenvalue weighted by Crippen LogP contribution is 2.27. The third kappa shape index (κ3) is 5.25. The highest BCUT2D eigenvalue weighted by molar-refractivity contribution is 6.06. The monoisotopic (exact) mass is 530 g/mol. The predicted octanol–water partition coefficient (Wildman–Crippen LogP) is 1.62. The summed E-state index contributed by atoms with van der Waals surface area (Å²) in [6.07, 6.45) is 2.69. The van der Waals surface area contributed by atoms with E-state index in [2.05, 4.69) is 20.3 Å². The van der Waals surface area contributed by atoms with Crippen molar-refractivity contribution >= 4 is 33.9 Å². The Balaban J connectivity index is 1.37. The molecule has 0 unspecified atom stereocenters. The molecule has 4 heterocycles. The topological polar surface area (TPSA) is 159 Å². The molecule has 0 aliphatic carbocycles. The summed E-state index contributed by atoms with van der Waals surface area (Å²) in [6.45, 7) is 1.03. The number of carbonyl (C=O) groups excluding carboxylic acids is 2. The van der Waals surface area contributed by atoms with Crippen LogP contribution < -0.4 is 4.74 Å². The van der Waals surface area contributed by atoms with Crippen molar-refractivity contribution < 1.29 is 24.2 Å². The number of ether oxygens (including phenoxy) is 2. The highest BCUT2D eigenvalue weighted by Gasteiger charge is 2.26. The van der Waals surface area contributed by atoms with Gasteiger partial charge in [-0.05, 0) is 18.2 Å². The summed E-state index contributed by atoms with van der Waals surface area (Å²) in [4.78, 5) is 32.2. The number of hydrogen-bond donors (Lipinski definition) is 2. The number of hydrogen-bond acceptors (Lipinski definition) is 10. The van der Waals surface area contributed by atoms with Crippen LogP contribution in [0.25, 0.3) is 16.4 Å². The van der Waals surface area contributed by atoms with Gasteiger partial charge in [-0.15, -0.1) is 15.3 Å². The molecule has 1 saturated heterocycles. The average Bonchev–Trinajstić information content (AvgIpc) is 3.37. The standard InChI is InChI=1S/C26H26N8O5/c1-32-9-10-33(13-22(32)36)26(37)16-7-8-17(28-12-16)14-39-25-20-6-4-3-5-19(20)23-29-30-24(34(23)31-25)21(27)11-18(35)15-38-2/h3-8,11-12,27,35H,9-10,13-15H2,1-2H3/b18-11-,27-21?. The van der Waals surface area contributed by atoms with Crippen molar-refractivity contribution in [3.05, 3.63) is 71.5 Å². The highest BCUT2D eigenvalue weighted by atomic mass is 16.5. The van der Waals surface area contributed by atoms with E-state index < -0.39 is 0 Å². The molecule has 0 bridgehead atoms. The molecular formula is C26H26N8O5. The van der Waals surface area contributed by atoms with E-state index in [9.17, 15) is 14.7 Å². The number of fused-ring (bicyclic) bond motifs is 3. The number of aliphatic hydroxyl groups is 1. The second-order valence-electron chi connectivity index (χ2n) is 8.96. The van der Waals surface area contributed by atoms with E-state index in [-0.39, 0.29) is 54.7 Å². The summed E-state index contributed by atoms with van der Waals surface area (Å²) in [5, 5.41) is 32.5. The first kappa shape index (κ1) is 25.7. The van der Waals surface area contributed by atoms with Crippen molar-refractivity contribution in [3.8, 4) is 5.88 Å². The summed E-state index contributed by atoms with van der Waals surface area (Å²) in [5.74, 6) is -0.0912. The first-order chi connectivity index (χ1) is 18.9. The number of amides is 2. The van der Waals surface area contributed by atoms with Gasteiger partial charge in [0.1, 0.15) is 31.2 Å². The van der Waals surface area contributed by atoms with Crippen molar-refractivity contribution in [1.82, 2.24) is 34.6 Å². The number of benzene rings is 1. The quantitative estimate of drug-likeness (QED) is 0.255. The Labute approximate surface area is 222 Å². The largest absolute Gasteiger partial charge is 0.510 e. The van der Waals surface area contributed by atoms with Crippen LogP contribution >= 0.6 is 0 Å². The lowest BCUT2D eigenvalue weighted by atomic mass is 10.2. The summed E-state index contributed by atoms with van der Waals surface area (Å²) in [7, 11) is 3.16. The number of rotatable bonds is 8. The molecule has 4 aromatic rings. The lowest BCUT2D eigenvalue weighted by Crippen LogP contribution is -2.50. The van der Waals surface area contributed by atoms with Gasteiger partial charge in [-0.3, -0.25) is 20.0 Å². The van der Waals surface area contributed by atoms with Crippen molar-refractivity contribution in [1.29, 1.82) is 5.41 Å². The normalized spacial score (nSPS) is 14.3. The van der Waals surface area contributed by atoms with Gasteiger partial charge in [0.15, 0.2) is 5.65 Å². The third-order valence-electron chi connectivity index (χ3n) is 6.25. The molecule has 0 saturated carbocycles. The fourth-order valence-corrected chi connectivity index (χ4v) is 4.14. The zero-order valence-electron chi connectivity index (χ0n) is 21.4. The van der Waals surface area contributed by atoms with Crippen LogP contribution in [0.2, 0.25) is 0 Å². The summed E-state index contributed by atoms with van der Waals surface area (Å²) in [6, 6.07) is 10.7. The molecule has 0 spiro atoms. The van der Waals surface area contributed by atoms with Crippen LogP contribution in [0.5, 0.6) is 5.88 Å². The number of methoxy groups -OCH3 is 1. The number of nitrogens with one attached hydrogen (secondary N) is 1. The summed E-state index contributed by atoms with van der Waals surface area (Å²) in [5.41, 5.74) is 1.28. The van der Waals surface area contributed by atoms with E-state index in [4.69, 9.17) is 14.9 Å². The molecule has 3 aromatic heterocycles. The molecule has 2 N–H and O–H groups in total. The molecule has 2 amide bonds. The van der Waals surface area contributed by atoms with Crippen LogP contribution in [0.3, 0.4) is 0 Å². The molecule has 1 aromatic carbocycles. The van der Waals surface area contributed by atoms with Gasteiger partial charge in [-0.1, -0.05) is 18.2 Å². The maximum atomic E-state index is 12.8. The van der Waals surface area contributed by atoms with Gasteiger partial charge >= 0.3 is 0 Å². The number of aromatic nitrogens is 5. The molecule has 1 aliphatic rings. The average molecular weight is 531 g/mol. The minimum atomic E-state index is -0.247. The zero-order valence-corrected chi connectivity index (χ0v) is 21.4. The van der Waals surface area contributed by atoms with Crippen molar-refractivity contribution in [2.24, 2.45) is 0 Å². The van der Waals surface area contributed by atoms with Crippen molar-refractivity contribution in [3.63, 3.8) is 0 Å². The smallest absolute Gasteiger partial charge is 0.255 e. The minimum Gasteiger partial charge on any atom is -0.510 e. The molecule has 1 aliphatic heterocycles. The Morgan fingerprint density at radius 2 is 1.95 bits per heavy atom. The molecular weight excluding hydrogens is 504 g/mol. The van der Waals surface area contributed by atoms with Crippen molar-refractivity contribution in [2.75, 3.05) is 40.4 Å². The summed E-state index contributed by atoms with van der Waals surface area (Å²) >= 11 is 0. The third-order valence-corrected chi connectivity index (χ3v) is 6.25. The molecule has 13 heteroatoms. The lowest BCUT2D eigenvalue weighted by Gasteiger charge is -2.31. The van der Waals surface area contributed by atoms with Gasteiger partial charge in [-0.2, -0.15) is 4.52 Å². The van der Waals surface area contributed by atoms with E-state index in [0.717, 1.165) is 5.39 Å². The lowest BCUT2D eigenvalue weighted by molar-refractivity contribution is -0.133. The SMILES string of the molecule is COC/C(O)=C/C(=N)c1nnc2c3ccccc3c(OCc3ccc(C(=O)N4CCN(C)C(=O)C4)cn3)nn12. The van der Waals surface area contributed by atoms with Gasteiger partial charge in [-0.25, -0.2) is 0 Å². The first-order valence-electron chi connectivity index (χ1n) is 12.1. The van der Waals surface area contributed by atoms with Crippen LogP contribution in [-0.2, 0) is 16.1 Å². The summed E-state index contributed by atoms with van der Waals surface area (Å²) < 4.78 is 12.3. The molecule has 0 radical (unpaired) electrons. The van der Waals surface area contributed by atoms with Crippen LogP contribution in [0, 0.1) is 5.41 Å². The Morgan fingerprint density at radius 1 is 1.15 bits per heavy atom. The maximum absolute atomic E-state index is 12.8. The fourth-order valence-electron chi connectivity index (χ4n) is 4.14. The number of pyridine rings is 1. The minimum absolute atomic E-state index is 0.0469. The number of likely N-dealkylation sites (N-methyl/N-ethyl adjacent to an activating group) is 1. The molecule has 0 atom stereocenters. The van der Waals surface area contributed by atoms with Gasteiger partial charge in [0.05, 0.1) is 11.3 Å². The molecule has 200 valence electrons. The van der Waals surface area contributed by atoms with Crippen LogP contribution in [0.1, 0.15) is 21.9 Å². The number of allylic oxidation sites excluding steroid dienone is 1. The second-order valence-corrected chi connectivity index (χ2v) is 8.96. The molecule has 13 nitrogen and oxygen atoms in total. The second kappa shape index (κ2) is 10.8. The molecule has 39 heavy (non-hydrogen) atoms. The van der Waals surface area contributed by atoms with Gasteiger partial charge in [0.2, 0.25) is 17.6 Å². The van der Waals surface area contributed by atoms with Gasteiger partial charge in [0.25, 0.3) is 5.91 Å². The van der Waals surface area contributed by atoms with Crippen LogP contribution in [0.4, 0.5) is 0 Å². The first-order valence-corrected chi connectivity index (χ1v) is 12.1. The number of piperazine rings is 1. The van der Waals surface area contributed by atoms with E-state index >= 15 is 0 Å². The van der Waals surface area contributed by atoms with E-state index in [1.165, 1.54) is 28.8 Å². The van der Waals surface area contributed by atoms with Crippen LogP contribution in [-0.4, -0.2) is 97.6 Å². The van der Waals surface area contributed by atoms with E-state index in [1.807, 2.05) is 24.3 Å². The fraction of sp³-hybridized carbons (Fsp3) is 0.269. The molecule has 5 rings (SSSR count). The predicted molar refractivity (Wildman–Crippen MR) is 140 cm³/mol. The number of nitrogens with zero attached hydrogens (tertiary/aromatic N) is 7. The van der Waals surface area contributed by atoms with E-state index in [0.29, 0.717) is 35.4 Å². The maximum Gasteiger partial charge on any atom is 0.255 e. The number of carbonyl (C=O) groups is 2.